The fourth-order valence-electron chi connectivity index (χ4n) is 3.74. The lowest BCUT2D eigenvalue weighted by atomic mass is 10.0. The second-order valence-corrected chi connectivity index (χ2v) is 8.46. The molecule has 0 aliphatic carbocycles. The van der Waals surface area contributed by atoms with E-state index in [9.17, 15) is 14.4 Å². The predicted octanol–water partition coefficient (Wildman–Crippen LogP) is 4.28. The Labute approximate surface area is 187 Å². The first-order valence-electron chi connectivity index (χ1n) is 11.9. The van der Waals surface area contributed by atoms with Gasteiger partial charge < -0.3 is 15.3 Å². The third-order valence-corrected chi connectivity index (χ3v) is 5.30. The van der Waals surface area contributed by atoms with Gasteiger partial charge in [0.05, 0.1) is 26.3 Å². The van der Waals surface area contributed by atoms with Gasteiger partial charge in [0.25, 0.3) is 0 Å². The summed E-state index contributed by atoms with van der Waals surface area (Å²) in [6.45, 7) is 1.68. The van der Waals surface area contributed by atoms with E-state index in [-0.39, 0.29) is 13.2 Å². The lowest BCUT2D eigenvalue weighted by Crippen LogP contribution is -2.45. The Balaban J connectivity index is 3.89. The molecule has 0 bridgehead atoms. The normalized spacial score (nSPS) is 11.3. The molecule has 3 N–H and O–H groups in total. The Kier molecular flexibility index (Phi) is 19.2. The van der Waals surface area contributed by atoms with Crippen LogP contribution in [0.2, 0.25) is 0 Å². The van der Waals surface area contributed by atoms with Crippen molar-refractivity contribution in [2.45, 2.75) is 96.8 Å². The first-order chi connectivity index (χ1) is 14.8. The largest absolute Gasteiger partial charge is 0.480 e. The monoisotopic (exact) mass is 444 g/mol. The minimum absolute atomic E-state index is 0.0172. The molecule has 0 aromatic heterocycles. The Morgan fingerprint density at radius 2 is 0.839 bits per heavy atom. The number of hydrogen-bond acceptors (Lipinski definition) is 5. The van der Waals surface area contributed by atoms with Crippen LogP contribution in [0.3, 0.4) is 0 Å². The molecule has 0 aromatic carbocycles. The molecule has 182 valence electrons. The SMILES string of the molecule is CCCCCCCCCCCCCCCCN(CC(=O)O)CN(CC(=O)O)CC(=O)O. The molecule has 0 fully saturated rings. The molecule has 0 radical (unpaired) electrons. The average molecular weight is 445 g/mol. The highest BCUT2D eigenvalue weighted by Gasteiger charge is 2.18. The summed E-state index contributed by atoms with van der Waals surface area (Å²) < 4.78 is 0. The number of carboxylic acids is 3. The molecule has 8 heteroatoms. The lowest BCUT2D eigenvalue weighted by Gasteiger charge is -2.27. The van der Waals surface area contributed by atoms with Crippen LogP contribution in [0.4, 0.5) is 0 Å². The van der Waals surface area contributed by atoms with Crippen molar-refractivity contribution < 1.29 is 29.7 Å². The number of nitrogens with zero attached hydrogens (tertiary/aromatic N) is 2. The minimum Gasteiger partial charge on any atom is -0.480 e. The lowest BCUT2D eigenvalue weighted by molar-refractivity contribution is -0.143. The predicted molar refractivity (Wildman–Crippen MR) is 121 cm³/mol. The van der Waals surface area contributed by atoms with Gasteiger partial charge in [0.15, 0.2) is 0 Å². The summed E-state index contributed by atoms with van der Waals surface area (Å²) in [5.41, 5.74) is 0. The first-order valence-corrected chi connectivity index (χ1v) is 11.9. The van der Waals surface area contributed by atoms with Crippen LogP contribution in [-0.4, -0.2) is 75.9 Å². The van der Waals surface area contributed by atoms with Gasteiger partial charge in [-0.05, 0) is 13.0 Å². The van der Waals surface area contributed by atoms with Gasteiger partial charge in [0, 0.05) is 0 Å². The van der Waals surface area contributed by atoms with E-state index in [4.69, 9.17) is 15.3 Å². The van der Waals surface area contributed by atoms with Crippen LogP contribution >= 0.6 is 0 Å². The second-order valence-electron chi connectivity index (χ2n) is 8.46. The maximum absolute atomic E-state index is 11.1. The number of hydrogen-bond donors (Lipinski definition) is 3. The molecule has 0 rings (SSSR count). The number of carbonyl (C=O) groups is 3. The molecule has 0 aliphatic heterocycles. The molecular formula is C23H44N2O6. The summed E-state index contributed by atoms with van der Waals surface area (Å²) in [6.07, 6.45) is 17.4. The molecule has 0 saturated carbocycles. The molecular weight excluding hydrogens is 400 g/mol. The highest BCUT2D eigenvalue weighted by molar-refractivity contribution is 5.72. The molecule has 31 heavy (non-hydrogen) atoms. The zero-order valence-corrected chi connectivity index (χ0v) is 19.4. The zero-order chi connectivity index (χ0) is 23.3. The minimum atomic E-state index is -1.13. The summed E-state index contributed by atoms with van der Waals surface area (Å²) >= 11 is 0. The van der Waals surface area contributed by atoms with E-state index in [1.54, 1.807) is 4.90 Å². The first kappa shape index (κ1) is 29.3. The molecule has 0 unspecified atom stereocenters. The van der Waals surface area contributed by atoms with Crippen molar-refractivity contribution >= 4 is 17.9 Å². The quantitative estimate of drug-likeness (QED) is 0.158. The summed E-state index contributed by atoms with van der Waals surface area (Å²) in [4.78, 5) is 35.8. The van der Waals surface area contributed by atoms with Crippen molar-refractivity contribution in [3.05, 3.63) is 0 Å². The van der Waals surface area contributed by atoms with E-state index >= 15 is 0 Å². The van der Waals surface area contributed by atoms with Gasteiger partial charge >= 0.3 is 17.9 Å². The summed E-state index contributed by atoms with van der Waals surface area (Å²) in [5.74, 6) is -3.27. The van der Waals surface area contributed by atoms with Crippen LogP contribution < -0.4 is 0 Å². The van der Waals surface area contributed by atoms with Gasteiger partial charge in [-0.3, -0.25) is 24.2 Å². The van der Waals surface area contributed by atoms with Crippen molar-refractivity contribution in [2.75, 3.05) is 32.8 Å². The van der Waals surface area contributed by atoms with Gasteiger partial charge in [-0.1, -0.05) is 90.4 Å². The van der Waals surface area contributed by atoms with E-state index in [1.807, 2.05) is 0 Å². The van der Waals surface area contributed by atoms with Crippen LogP contribution in [0.1, 0.15) is 96.8 Å². The molecule has 8 nitrogen and oxygen atoms in total. The number of unbranched alkanes of at least 4 members (excludes halogenated alkanes) is 13. The van der Waals surface area contributed by atoms with E-state index in [0.29, 0.717) is 6.54 Å². The van der Waals surface area contributed by atoms with Gasteiger partial charge in [-0.25, -0.2) is 0 Å². The van der Waals surface area contributed by atoms with Gasteiger partial charge in [0.2, 0.25) is 0 Å². The fraction of sp³-hybridized carbons (Fsp3) is 0.870. The van der Waals surface area contributed by atoms with Gasteiger partial charge in [-0.2, -0.15) is 0 Å². The fourth-order valence-corrected chi connectivity index (χ4v) is 3.74. The van der Waals surface area contributed by atoms with Crippen molar-refractivity contribution in [1.82, 2.24) is 9.80 Å². The molecule has 0 amide bonds. The van der Waals surface area contributed by atoms with Crippen molar-refractivity contribution in [2.24, 2.45) is 0 Å². The highest BCUT2D eigenvalue weighted by Crippen LogP contribution is 2.13. The number of rotatable bonds is 23. The van der Waals surface area contributed by atoms with E-state index in [0.717, 1.165) is 19.3 Å². The standard InChI is InChI=1S/C23H44N2O6/c1-2-3-4-5-6-7-8-9-10-11-12-13-14-15-16-24(17-21(26)27)20-25(18-22(28)29)19-23(30)31/h2-20H2,1H3,(H,26,27)(H,28,29)(H,30,31). The van der Waals surface area contributed by atoms with Crippen molar-refractivity contribution in [3.63, 3.8) is 0 Å². The zero-order valence-electron chi connectivity index (χ0n) is 19.4. The van der Waals surface area contributed by atoms with Gasteiger partial charge in [-0.15, -0.1) is 0 Å². The molecule has 0 heterocycles. The topological polar surface area (TPSA) is 118 Å². The number of aliphatic carboxylic acids is 3. The van der Waals surface area contributed by atoms with E-state index in [2.05, 4.69) is 6.92 Å². The highest BCUT2D eigenvalue weighted by atomic mass is 16.4. The maximum Gasteiger partial charge on any atom is 0.317 e. The van der Waals surface area contributed by atoms with Crippen LogP contribution in [0, 0.1) is 0 Å². The molecule has 0 spiro atoms. The van der Waals surface area contributed by atoms with Crippen LogP contribution in [0.25, 0.3) is 0 Å². The third kappa shape index (κ3) is 21.4. The van der Waals surface area contributed by atoms with Crippen LogP contribution in [0.5, 0.6) is 0 Å². The Morgan fingerprint density at radius 1 is 0.516 bits per heavy atom. The van der Waals surface area contributed by atoms with Crippen LogP contribution in [-0.2, 0) is 14.4 Å². The van der Waals surface area contributed by atoms with E-state index in [1.165, 1.54) is 75.5 Å². The van der Waals surface area contributed by atoms with Gasteiger partial charge in [0.1, 0.15) is 0 Å². The Morgan fingerprint density at radius 3 is 1.19 bits per heavy atom. The maximum atomic E-state index is 11.1. The number of carboxylic acid groups (broad SMARTS) is 3. The second kappa shape index (κ2) is 20.2. The van der Waals surface area contributed by atoms with Crippen LogP contribution in [0.15, 0.2) is 0 Å². The Bertz CT molecular complexity index is 471. The average Bonchev–Trinajstić information content (AvgIpc) is 2.66. The molecule has 0 saturated heterocycles. The molecule has 0 atom stereocenters. The van der Waals surface area contributed by atoms with E-state index < -0.39 is 31.0 Å². The summed E-state index contributed by atoms with van der Waals surface area (Å²) in [6, 6.07) is 0. The summed E-state index contributed by atoms with van der Waals surface area (Å²) in [7, 11) is 0. The summed E-state index contributed by atoms with van der Waals surface area (Å²) in [5, 5.41) is 26.9. The third-order valence-electron chi connectivity index (χ3n) is 5.30. The molecule has 0 aromatic rings. The molecule has 0 aliphatic rings. The van der Waals surface area contributed by atoms with Crippen molar-refractivity contribution in [1.29, 1.82) is 0 Å². The van der Waals surface area contributed by atoms with Crippen molar-refractivity contribution in [3.8, 4) is 0 Å². The smallest absolute Gasteiger partial charge is 0.317 e. The Hall–Kier alpha value is -1.67.